The SMILES string of the molecule is C=COCCCCCCCC(CCCCCCCCC)(OCC1CO1)C1CCCCC1. The number of rotatable bonds is 21. The summed E-state index contributed by atoms with van der Waals surface area (Å²) in [7, 11) is 0. The molecule has 2 unspecified atom stereocenters. The van der Waals surface area contributed by atoms with Crippen molar-refractivity contribution in [2.24, 2.45) is 5.92 Å². The molecule has 0 amide bonds. The van der Waals surface area contributed by atoms with E-state index in [1.54, 1.807) is 6.26 Å². The first-order chi connectivity index (χ1) is 15.3. The average molecular weight is 437 g/mol. The maximum atomic E-state index is 6.84. The van der Waals surface area contributed by atoms with Gasteiger partial charge in [-0.3, -0.25) is 0 Å². The predicted molar refractivity (Wildman–Crippen MR) is 131 cm³/mol. The fourth-order valence-corrected chi connectivity index (χ4v) is 5.45. The Bertz CT molecular complexity index is 428. The molecule has 3 heteroatoms. The van der Waals surface area contributed by atoms with Crippen LogP contribution in [-0.2, 0) is 14.2 Å². The quantitative estimate of drug-likeness (QED) is 0.103. The summed E-state index contributed by atoms with van der Waals surface area (Å²) in [6, 6.07) is 0. The molecule has 0 bridgehead atoms. The van der Waals surface area contributed by atoms with E-state index in [2.05, 4.69) is 13.5 Å². The standard InChI is InChI=1S/C28H52O3/c1-3-5-6-7-8-10-16-21-28(31-25-27-24-30-27,26-19-14-13-15-20-26)22-17-11-9-12-18-23-29-4-2/h4,26-27H,2-3,5-25H2,1H3. The molecule has 182 valence electrons. The van der Waals surface area contributed by atoms with E-state index in [0.29, 0.717) is 6.10 Å². The van der Waals surface area contributed by atoms with Crippen LogP contribution in [0.1, 0.15) is 129 Å². The van der Waals surface area contributed by atoms with Crippen molar-refractivity contribution in [1.29, 1.82) is 0 Å². The second-order valence-corrected chi connectivity index (χ2v) is 10.1. The van der Waals surface area contributed by atoms with Crippen LogP contribution < -0.4 is 0 Å². The molecule has 3 nitrogen and oxygen atoms in total. The Balaban J connectivity index is 1.81. The second kappa shape index (κ2) is 17.0. The molecular formula is C28H52O3. The van der Waals surface area contributed by atoms with E-state index in [1.165, 1.54) is 116 Å². The van der Waals surface area contributed by atoms with Crippen molar-refractivity contribution in [2.75, 3.05) is 19.8 Å². The number of hydrogen-bond donors (Lipinski definition) is 0. The Labute approximate surface area is 193 Å². The van der Waals surface area contributed by atoms with Crippen LogP contribution in [0.3, 0.4) is 0 Å². The number of hydrogen-bond acceptors (Lipinski definition) is 3. The van der Waals surface area contributed by atoms with Gasteiger partial charge in [0, 0.05) is 0 Å². The Morgan fingerprint density at radius 1 is 0.839 bits per heavy atom. The van der Waals surface area contributed by atoms with E-state index in [4.69, 9.17) is 14.2 Å². The maximum Gasteiger partial charge on any atom is 0.104 e. The largest absolute Gasteiger partial charge is 0.502 e. The molecule has 0 spiro atoms. The minimum absolute atomic E-state index is 0.113. The summed E-state index contributed by atoms with van der Waals surface area (Å²) < 4.78 is 17.6. The average Bonchev–Trinajstić information content (AvgIpc) is 3.63. The molecule has 0 N–H and O–H groups in total. The molecular weight excluding hydrogens is 384 g/mol. The van der Waals surface area contributed by atoms with Crippen LogP contribution in [0.2, 0.25) is 0 Å². The predicted octanol–water partition coefficient (Wildman–Crippen LogP) is 8.36. The van der Waals surface area contributed by atoms with Crippen molar-refractivity contribution in [3.63, 3.8) is 0 Å². The third-order valence-electron chi connectivity index (χ3n) is 7.49. The molecule has 0 aromatic carbocycles. The Kier molecular flexibility index (Phi) is 14.7. The Hall–Kier alpha value is -0.540. The van der Waals surface area contributed by atoms with Crippen LogP contribution in [-0.4, -0.2) is 31.5 Å². The van der Waals surface area contributed by atoms with Gasteiger partial charge in [0.2, 0.25) is 0 Å². The highest BCUT2D eigenvalue weighted by Gasteiger charge is 2.40. The summed E-state index contributed by atoms with van der Waals surface area (Å²) in [5.74, 6) is 0.765. The maximum absolute atomic E-state index is 6.84. The highest BCUT2D eigenvalue weighted by atomic mass is 16.6. The lowest BCUT2D eigenvalue weighted by Crippen LogP contribution is -2.43. The number of unbranched alkanes of at least 4 members (excludes halogenated alkanes) is 10. The lowest BCUT2D eigenvalue weighted by Gasteiger charge is -2.43. The van der Waals surface area contributed by atoms with E-state index < -0.39 is 0 Å². The zero-order chi connectivity index (χ0) is 22.0. The summed E-state index contributed by atoms with van der Waals surface area (Å²) in [5.41, 5.74) is 0.113. The summed E-state index contributed by atoms with van der Waals surface area (Å²) in [4.78, 5) is 0. The summed E-state index contributed by atoms with van der Waals surface area (Å²) >= 11 is 0. The van der Waals surface area contributed by atoms with Gasteiger partial charge in [-0.15, -0.1) is 0 Å². The normalized spacial score (nSPS) is 21.0. The van der Waals surface area contributed by atoms with Crippen molar-refractivity contribution in [1.82, 2.24) is 0 Å². The lowest BCUT2D eigenvalue weighted by molar-refractivity contribution is -0.114. The summed E-state index contributed by atoms with van der Waals surface area (Å²) in [5, 5.41) is 0. The van der Waals surface area contributed by atoms with Gasteiger partial charge in [-0.05, 0) is 38.0 Å². The first-order valence-corrected chi connectivity index (χ1v) is 13.8. The van der Waals surface area contributed by atoms with Gasteiger partial charge in [0.15, 0.2) is 0 Å². The fraction of sp³-hybridized carbons (Fsp3) is 0.929. The second-order valence-electron chi connectivity index (χ2n) is 10.1. The van der Waals surface area contributed by atoms with Crippen molar-refractivity contribution >= 4 is 0 Å². The van der Waals surface area contributed by atoms with Gasteiger partial charge in [0.25, 0.3) is 0 Å². The van der Waals surface area contributed by atoms with Crippen LogP contribution in [0.4, 0.5) is 0 Å². The molecule has 1 aliphatic heterocycles. The summed E-state index contributed by atoms with van der Waals surface area (Å²) in [6.45, 7) is 8.47. The van der Waals surface area contributed by atoms with Crippen molar-refractivity contribution in [3.05, 3.63) is 12.8 Å². The van der Waals surface area contributed by atoms with Crippen LogP contribution in [0, 0.1) is 5.92 Å². The first kappa shape index (κ1) is 26.7. The molecule has 2 rings (SSSR count). The van der Waals surface area contributed by atoms with E-state index in [-0.39, 0.29) is 5.60 Å². The van der Waals surface area contributed by atoms with Gasteiger partial charge in [0.05, 0.1) is 31.7 Å². The topological polar surface area (TPSA) is 31.0 Å². The molecule has 0 aromatic heterocycles. The van der Waals surface area contributed by atoms with Crippen LogP contribution in [0.15, 0.2) is 12.8 Å². The molecule has 1 saturated heterocycles. The van der Waals surface area contributed by atoms with Crippen LogP contribution in [0.25, 0.3) is 0 Å². The van der Waals surface area contributed by atoms with Crippen LogP contribution >= 0.6 is 0 Å². The molecule has 2 fully saturated rings. The smallest absolute Gasteiger partial charge is 0.104 e. The van der Waals surface area contributed by atoms with Gasteiger partial charge < -0.3 is 14.2 Å². The minimum Gasteiger partial charge on any atom is -0.502 e. The molecule has 2 aliphatic rings. The van der Waals surface area contributed by atoms with Gasteiger partial charge >= 0.3 is 0 Å². The molecule has 0 aromatic rings. The van der Waals surface area contributed by atoms with Crippen molar-refractivity contribution in [2.45, 2.75) is 141 Å². The zero-order valence-electron chi connectivity index (χ0n) is 20.7. The molecule has 1 heterocycles. The highest BCUT2D eigenvalue weighted by Crippen LogP contribution is 2.42. The third kappa shape index (κ3) is 11.8. The lowest BCUT2D eigenvalue weighted by atomic mass is 9.71. The molecule has 2 atom stereocenters. The van der Waals surface area contributed by atoms with E-state index in [1.807, 2.05) is 0 Å². The monoisotopic (exact) mass is 436 g/mol. The number of ether oxygens (including phenoxy) is 3. The summed E-state index contributed by atoms with van der Waals surface area (Å²) in [6.07, 6.45) is 27.5. The third-order valence-corrected chi connectivity index (χ3v) is 7.49. The Morgan fingerprint density at radius 2 is 1.42 bits per heavy atom. The van der Waals surface area contributed by atoms with Crippen LogP contribution in [0.5, 0.6) is 0 Å². The van der Waals surface area contributed by atoms with Gasteiger partial charge in [-0.2, -0.15) is 0 Å². The van der Waals surface area contributed by atoms with Crippen molar-refractivity contribution in [3.8, 4) is 0 Å². The number of epoxide rings is 1. The Morgan fingerprint density at radius 3 is 2.00 bits per heavy atom. The van der Waals surface area contributed by atoms with Crippen molar-refractivity contribution < 1.29 is 14.2 Å². The van der Waals surface area contributed by atoms with E-state index in [9.17, 15) is 0 Å². The van der Waals surface area contributed by atoms with Gasteiger partial charge in [0.1, 0.15) is 6.10 Å². The molecule has 0 radical (unpaired) electrons. The molecule has 1 saturated carbocycles. The van der Waals surface area contributed by atoms with Gasteiger partial charge in [-0.25, -0.2) is 0 Å². The zero-order valence-corrected chi connectivity index (χ0v) is 20.7. The first-order valence-electron chi connectivity index (χ1n) is 13.8. The van der Waals surface area contributed by atoms with E-state index >= 15 is 0 Å². The fourth-order valence-electron chi connectivity index (χ4n) is 5.45. The highest BCUT2D eigenvalue weighted by molar-refractivity contribution is 4.91. The molecule has 1 aliphatic carbocycles. The minimum atomic E-state index is 0.113. The molecule has 31 heavy (non-hydrogen) atoms. The van der Waals surface area contributed by atoms with Gasteiger partial charge in [-0.1, -0.05) is 103 Å². The van der Waals surface area contributed by atoms with E-state index in [0.717, 1.165) is 32.2 Å².